The Bertz CT molecular complexity index is 1400. The van der Waals surface area contributed by atoms with Crippen LogP contribution in [-0.2, 0) is 19.6 Å². The minimum Gasteiger partial charge on any atom is -0.456 e. The number of ether oxygens (including phenoxy) is 2. The van der Waals surface area contributed by atoms with E-state index in [9.17, 15) is 4.79 Å². The zero-order chi connectivity index (χ0) is 25.5. The largest absolute Gasteiger partial charge is 0.494 e. The number of fused-ring (bicyclic) bond motifs is 6. The third kappa shape index (κ3) is 3.09. The molecule has 0 aromatic heterocycles. The molecule has 6 rings (SSSR count). The zero-order valence-corrected chi connectivity index (χ0v) is 21.5. The predicted molar refractivity (Wildman–Crippen MR) is 139 cm³/mol. The number of esters is 1. The maximum absolute atomic E-state index is 13.1. The molecule has 7 heteroatoms. The summed E-state index contributed by atoms with van der Waals surface area (Å²) in [6, 6.07) is 17.5. The van der Waals surface area contributed by atoms with E-state index in [-0.39, 0.29) is 5.97 Å². The summed E-state index contributed by atoms with van der Waals surface area (Å²) < 4.78 is 25.4. The van der Waals surface area contributed by atoms with Gasteiger partial charge in [-0.15, -0.1) is 0 Å². The first kappa shape index (κ1) is 23.1. The first-order chi connectivity index (χ1) is 17.1. The van der Waals surface area contributed by atoms with Crippen molar-refractivity contribution in [1.82, 2.24) is 0 Å². The minimum absolute atomic E-state index is 0.340. The highest BCUT2D eigenvalue weighted by atomic mass is 16.7. The van der Waals surface area contributed by atoms with Crippen LogP contribution in [0.1, 0.15) is 67.2 Å². The Hall–Kier alpha value is -3.29. The van der Waals surface area contributed by atoms with Crippen LogP contribution in [0.4, 0.5) is 5.69 Å². The van der Waals surface area contributed by atoms with E-state index in [2.05, 4.69) is 18.3 Å². The van der Waals surface area contributed by atoms with E-state index in [0.717, 1.165) is 39.9 Å². The van der Waals surface area contributed by atoms with Crippen molar-refractivity contribution in [2.45, 2.75) is 58.3 Å². The Morgan fingerprint density at radius 1 is 0.861 bits per heavy atom. The maximum Gasteiger partial charge on any atom is 0.494 e. The zero-order valence-electron chi connectivity index (χ0n) is 21.5. The highest BCUT2D eigenvalue weighted by Gasteiger charge is 2.55. The molecule has 1 atom stereocenters. The minimum atomic E-state index is -1.10. The number of carbonyl (C=O) groups is 1. The Balaban J connectivity index is 1.55. The van der Waals surface area contributed by atoms with Gasteiger partial charge in [-0.05, 0) is 70.8 Å². The first-order valence-electron chi connectivity index (χ1n) is 12.5. The molecule has 0 radical (unpaired) electrons. The fourth-order valence-electron chi connectivity index (χ4n) is 5.35. The molecule has 1 N–H and O–H groups in total. The molecular formula is C29H30BNO5. The Morgan fingerprint density at radius 2 is 1.56 bits per heavy atom. The normalized spacial score (nSPS) is 22.5. The molecule has 0 aliphatic carbocycles. The van der Waals surface area contributed by atoms with Gasteiger partial charge in [0, 0.05) is 35.0 Å². The van der Waals surface area contributed by atoms with Crippen LogP contribution in [0.25, 0.3) is 0 Å². The van der Waals surface area contributed by atoms with Gasteiger partial charge >= 0.3 is 13.1 Å². The van der Waals surface area contributed by atoms with E-state index >= 15 is 0 Å². The van der Waals surface area contributed by atoms with Crippen molar-refractivity contribution in [2.75, 3.05) is 11.9 Å². The number of hydrogen-bond donors (Lipinski definition) is 1. The topological polar surface area (TPSA) is 66.0 Å². The lowest BCUT2D eigenvalue weighted by Crippen LogP contribution is -2.41. The summed E-state index contributed by atoms with van der Waals surface area (Å²) in [6.45, 7) is 13.0. The third-order valence-electron chi connectivity index (χ3n) is 7.98. The molecule has 3 aliphatic heterocycles. The number of anilines is 1. The quantitative estimate of drug-likeness (QED) is 0.403. The Morgan fingerprint density at radius 3 is 2.28 bits per heavy atom. The standard InChI is InChI=1S/C29H30BNO5/c1-7-31-23-16-25-22(14-17(23)2)29(20-11-9-8-10-19(20)26(32)34-29)21-13-12-18(15-24(21)33-25)30-35-27(3,4)28(5,6)36-30/h8-16,31H,7H2,1-6H3. The number of aryl methyl sites for hydroxylation is 1. The van der Waals surface area contributed by atoms with Gasteiger partial charge in [0.1, 0.15) is 11.5 Å². The Kier molecular flexibility index (Phi) is 4.89. The van der Waals surface area contributed by atoms with E-state index in [0.29, 0.717) is 17.1 Å². The molecule has 3 aromatic rings. The van der Waals surface area contributed by atoms with Crippen molar-refractivity contribution in [3.05, 3.63) is 82.4 Å². The summed E-state index contributed by atoms with van der Waals surface area (Å²) in [5.74, 6) is 0.929. The van der Waals surface area contributed by atoms with Gasteiger partial charge in [-0.2, -0.15) is 0 Å². The van der Waals surface area contributed by atoms with Crippen molar-refractivity contribution in [3.8, 4) is 11.5 Å². The predicted octanol–water partition coefficient (Wildman–Crippen LogP) is 5.29. The summed E-state index contributed by atoms with van der Waals surface area (Å²) in [5.41, 5.74) is 3.86. The number of nitrogens with one attached hydrogen (secondary N) is 1. The second-order valence-electron chi connectivity index (χ2n) is 10.8. The van der Waals surface area contributed by atoms with E-state index in [1.165, 1.54) is 0 Å². The summed E-state index contributed by atoms with van der Waals surface area (Å²) in [7, 11) is -0.532. The number of rotatable bonds is 3. The van der Waals surface area contributed by atoms with Crippen LogP contribution in [0.3, 0.4) is 0 Å². The van der Waals surface area contributed by atoms with Crippen molar-refractivity contribution in [2.24, 2.45) is 0 Å². The van der Waals surface area contributed by atoms with Crippen LogP contribution < -0.4 is 15.5 Å². The van der Waals surface area contributed by atoms with Gasteiger partial charge in [0.25, 0.3) is 0 Å². The molecule has 0 amide bonds. The van der Waals surface area contributed by atoms with Gasteiger partial charge in [-0.1, -0.05) is 30.3 Å². The van der Waals surface area contributed by atoms with Crippen molar-refractivity contribution >= 4 is 24.2 Å². The summed E-state index contributed by atoms with van der Waals surface area (Å²) >= 11 is 0. The number of hydrogen-bond acceptors (Lipinski definition) is 6. The van der Waals surface area contributed by atoms with E-state index in [1.807, 2.05) is 83.1 Å². The van der Waals surface area contributed by atoms with Gasteiger partial charge in [0.15, 0.2) is 5.60 Å². The summed E-state index contributed by atoms with van der Waals surface area (Å²) in [4.78, 5) is 13.1. The van der Waals surface area contributed by atoms with Gasteiger partial charge in [-0.25, -0.2) is 4.79 Å². The fourth-order valence-corrected chi connectivity index (χ4v) is 5.35. The molecular weight excluding hydrogens is 453 g/mol. The fraction of sp³-hybridized carbons (Fsp3) is 0.345. The lowest BCUT2D eigenvalue weighted by molar-refractivity contribution is 0.00578. The molecule has 1 unspecified atom stereocenters. The summed E-state index contributed by atoms with van der Waals surface area (Å²) in [6.07, 6.45) is 0. The first-order valence-corrected chi connectivity index (χ1v) is 12.5. The van der Waals surface area contributed by atoms with Crippen LogP contribution in [0.15, 0.2) is 54.6 Å². The maximum atomic E-state index is 13.1. The molecule has 0 bridgehead atoms. The molecule has 36 heavy (non-hydrogen) atoms. The second-order valence-corrected chi connectivity index (χ2v) is 10.8. The third-order valence-corrected chi connectivity index (χ3v) is 7.98. The van der Waals surface area contributed by atoms with Crippen LogP contribution in [0.5, 0.6) is 11.5 Å². The average Bonchev–Trinajstić information content (AvgIpc) is 3.24. The van der Waals surface area contributed by atoms with Gasteiger partial charge in [-0.3, -0.25) is 0 Å². The van der Waals surface area contributed by atoms with Gasteiger partial charge in [0.2, 0.25) is 0 Å². The SMILES string of the molecule is CCNc1cc2c(cc1C)C1(OC(=O)c3ccccc31)c1ccc(B3OC(C)(C)C(C)(C)O3)cc1O2. The number of carbonyl (C=O) groups excluding carboxylic acids is 1. The van der Waals surface area contributed by atoms with Crippen LogP contribution in [-0.4, -0.2) is 30.8 Å². The molecule has 1 fully saturated rings. The molecule has 3 heterocycles. The van der Waals surface area contributed by atoms with Gasteiger partial charge in [0.05, 0.1) is 16.8 Å². The van der Waals surface area contributed by atoms with Crippen LogP contribution in [0.2, 0.25) is 0 Å². The average molecular weight is 483 g/mol. The van der Waals surface area contributed by atoms with E-state index in [4.69, 9.17) is 18.8 Å². The number of benzene rings is 3. The highest BCUT2D eigenvalue weighted by Crippen LogP contribution is 2.56. The van der Waals surface area contributed by atoms with Crippen molar-refractivity contribution in [3.63, 3.8) is 0 Å². The molecule has 1 saturated heterocycles. The molecule has 0 saturated carbocycles. The molecule has 1 spiro atoms. The lowest BCUT2D eigenvalue weighted by Gasteiger charge is -2.37. The smallest absolute Gasteiger partial charge is 0.456 e. The molecule has 6 nitrogen and oxygen atoms in total. The van der Waals surface area contributed by atoms with Gasteiger partial charge < -0.3 is 24.1 Å². The van der Waals surface area contributed by atoms with Crippen molar-refractivity contribution < 1.29 is 23.6 Å². The molecule has 3 aromatic carbocycles. The highest BCUT2D eigenvalue weighted by molar-refractivity contribution is 6.62. The van der Waals surface area contributed by atoms with E-state index < -0.39 is 23.9 Å². The second kappa shape index (κ2) is 7.61. The lowest BCUT2D eigenvalue weighted by atomic mass is 9.73. The summed E-state index contributed by atoms with van der Waals surface area (Å²) in [5, 5.41) is 3.40. The van der Waals surface area contributed by atoms with Crippen molar-refractivity contribution in [1.29, 1.82) is 0 Å². The monoisotopic (exact) mass is 483 g/mol. The van der Waals surface area contributed by atoms with Crippen LogP contribution >= 0.6 is 0 Å². The van der Waals surface area contributed by atoms with Crippen LogP contribution in [0, 0.1) is 6.92 Å². The Labute approximate surface area is 212 Å². The van der Waals surface area contributed by atoms with E-state index in [1.54, 1.807) is 0 Å². The molecule has 3 aliphatic rings. The molecule has 184 valence electrons.